The van der Waals surface area contributed by atoms with E-state index in [1.54, 1.807) is 0 Å². The summed E-state index contributed by atoms with van der Waals surface area (Å²) in [6.45, 7) is 9.40. The van der Waals surface area contributed by atoms with Gasteiger partial charge in [0.15, 0.2) is 0 Å². The number of hydrogen-bond acceptors (Lipinski definition) is 3. The first kappa shape index (κ1) is 18.9. The predicted molar refractivity (Wildman–Crippen MR) is 114 cm³/mol. The summed E-state index contributed by atoms with van der Waals surface area (Å²) in [6, 6.07) is 12.4. The monoisotopic (exact) mass is 361 g/mol. The molecular formula is C23H27N3O. The second kappa shape index (κ2) is 7.78. The van der Waals surface area contributed by atoms with Gasteiger partial charge in [0.2, 0.25) is 0 Å². The Kier molecular flexibility index (Phi) is 5.45. The van der Waals surface area contributed by atoms with Gasteiger partial charge in [0.05, 0.1) is 18.8 Å². The first-order valence-corrected chi connectivity index (χ1v) is 9.28. The first-order chi connectivity index (χ1) is 12.9. The van der Waals surface area contributed by atoms with E-state index >= 15 is 0 Å². The number of hydrogen-bond donors (Lipinski definition) is 2. The topological polar surface area (TPSA) is 53.5 Å². The maximum Gasteiger partial charge on any atom is 0.251 e. The maximum absolute atomic E-state index is 12.9. The Morgan fingerprint density at radius 3 is 2.33 bits per heavy atom. The van der Waals surface area contributed by atoms with E-state index in [0.717, 1.165) is 34.6 Å². The largest absolute Gasteiger partial charge is 0.388 e. The van der Waals surface area contributed by atoms with Gasteiger partial charge < -0.3 is 10.6 Å². The zero-order valence-electron chi connectivity index (χ0n) is 16.7. The van der Waals surface area contributed by atoms with Gasteiger partial charge in [-0.3, -0.25) is 9.79 Å². The highest BCUT2D eigenvalue weighted by Gasteiger charge is 2.17. The predicted octanol–water partition coefficient (Wildman–Crippen LogP) is 4.53. The van der Waals surface area contributed by atoms with E-state index in [4.69, 9.17) is 0 Å². The lowest BCUT2D eigenvalue weighted by Gasteiger charge is -2.15. The molecule has 4 nitrogen and oxygen atoms in total. The molecule has 0 atom stereocenters. The van der Waals surface area contributed by atoms with E-state index in [0.29, 0.717) is 12.1 Å². The third-order valence-corrected chi connectivity index (χ3v) is 5.30. The van der Waals surface area contributed by atoms with Crippen LogP contribution in [0.15, 0.2) is 52.5 Å². The molecular weight excluding hydrogens is 334 g/mol. The molecule has 0 saturated heterocycles. The van der Waals surface area contributed by atoms with Gasteiger partial charge in [0, 0.05) is 18.3 Å². The van der Waals surface area contributed by atoms with Crippen LogP contribution < -0.4 is 10.6 Å². The number of nitrogens with zero attached hydrogens (tertiary/aromatic N) is 1. The van der Waals surface area contributed by atoms with Crippen LogP contribution in [0.4, 0.5) is 5.69 Å². The highest BCUT2D eigenvalue weighted by atomic mass is 16.1. The third kappa shape index (κ3) is 3.95. The van der Waals surface area contributed by atoms with Crippen molar-refractivity contribution in [2.24, 2.45) is 4.99 Å². The van der Waals surface area contributed by atoms with Crippen LogP contribution in [0.25, 0.3) is 11.1 Å². The minimum absolute atomic E-state index is 0.0713. The van der Waals surface area contributed by atoms with Crippen LogP contribution in [0.5, 0.6) is 0 Å². The van der Waals surface area contributed by atoms with Gasteiger partial charge in [-0.2, -0.15) is 0 Å². The van der Waals surface area contributed by atoms with Crippen molar-refractivity contribution < 1.29 is 4.79 Å². The molecule has 0 saturated carbocycles. The lowest BCUT2D eigenvalue weighted by Crippen LogP contribution is -2.30. The van der Waals surface area contributed by atoms with Crippen LogP contribution in [0.2, 0.25) is 0 Å². The van der Waals surface area contributed by atoms with Crippen LogP contribution in [0, 0.1) is 13.8 Å². The van der Waals surface area contributed by atoms with E-state index in [2.05, 4.69) is 66.7 Å². The fourth-order valence-electron chi connectivity index (χ4n) is 3.27. The van der Waals surface area contributed by atoms with Crippen molar-refractivity contribution in [2.45, 2.75) is 27.7 Å². The highest BCUT2D eigenvalue weighted by molar-refractivity contribution is 6.07. The Bertz CT molecular complexity index is 937. The average Bonchev–Trinajstić information content (AvgIpc) is 2.99. The molecule has 3 rings (SSSR count). The molecule has 27 heavy (non-hydrogen) atoms. The first-order valence-electron chi connectivity index (χ1n) is 9.28. The van der Waals surface area contributed by atoms with Crippen molar-refractivity contribution in [2.75, 3.05) is 25.5 Å². The molecule has 0 unspecified atom stereocenters. The van der Waals surface area contributed by atoms with E-state index in [1.807, 2.05) is 20.0 Å². The van der Waals surface area contributed by atoms with Gasteiger partial charge in [-0.15, -0.1) is 0 Å². The molecule has 1 heterocycles. The van der Waals surface area contributed by atoms with Crippen LogP contribution in [0.3, 0.4) is 0 Å². The minimum Gasteiger partial charge on any atom is -0.388 e. The summed E-state index contributed by atoms with van der Waals surface area (Å²) in [5.41, 5.74) is 9.38. The summed E-state index contributed by atoms with van der Waals surface area (Å²) in [5, 5.41) is 6.25. The van der Waals surface area contributed by atoms with Gasteiger partial charge in [-0.1, -0.05) is 29.8 Å². The van der Waals surface area contributed by atoms with Crippen molar-refractivity contribution in [1.82, 2.24) is 5.32 Å². The van der Waals surface area contributed by atoms with E-state index in [1.165, 1.54) is 16.7 Å². The van der Waals surface area contributed by atoms with Gasteiger partial charge in [0.1, 0.15) is 0 Å². The van der Waals surface area contributed by atoms with Gasteiger partial charge in [-0.05, 0) is 67.7 Å². The smallest absolute Gasteiger partial charge is 0.251 e. The molecule has 0 aliphatic carbocycles. The lowest BCUT2D eigenvalue weighted by molar-refractivity contribution is 0.0959. The lowest BCUT2D eigenvalue weighted by atomic mass is 9.96. The Labute approximate surface area is 161 Å². The number of nitrogens with one attached hydrogen (secondary N) is 2. The van der Waals surface area contributed by atoms with Crippen LogP contribution in [-0.2, 0) is 0 Å². The van der Waals surface area contributed by atoms with Crippen molar-refractivity contribution >= 4 is 17.3 Å². The van der Waals surface area contributed by atoms with Crippen molar-refractivity contribution in [1.29, 1.82) is 0 Å². The molecule has 1 aliphatic rings. The van der Waals surface area contributed by atoms with Gasteiger partial charge >= 0.3 is 0 Å². The molecule has 0 bridgehead atoms. The summed E-state index contributed by atoms with van der Waals surface area (Å²) in [5.74, 6) is -0.0713. The summed E-state index contributed by atoms with van der Waals surface area (Å²) >= 11 is 0. The number of benzene rings is 2. The number of carbonyl (C=O) groups is 1. The molecule has 1 amide bonds. The second-order valence-electron chi connectivity index (χ2n) is 7.16. The number of carbonyl (C=O) groups excluding carboxylic acids is 1. The van der Waals surface area contributed by atoms with Crippen molar-refractivity contribution in [3.05, 3.63) is 64.2 Å². The van der Waals surface area contributed by atoms with E-state index in [9.17, 15) is 4.79 Å². The molecule has 4 heteroatoms. The number of aryl methyl sites for hydroxylation is 1. The number of rotatable bonds is 5. The SMILES string of the molecule is CNc1cc(-c2ccc(C)cc2)cc(C(=O)NCC2=NCC(C)=C2C)c1C. The van der Waals surface area contributed by atoms with Gasteiger partial charge in [-0.25, -0.2) is 0 Å². The van der Waals surface area contributed by atoms with Crippen LogP contribution in [0.1, 0.15) is 35.3 Å². The van der Waals surface area contributed by atoms with Gasteiger partial charge in [0.25, 0.3) is 5.91 Å². The summed E-state index contributed by atoms with van der Waals surface area (Å²) < 4.78 is 0. The number of amides is 1. The Hall–Kier alpha value is -2.88. The summed E-state index contributed by atoms with van der Waals surface area (Å²) in [7, 11) is 1.88. The number of anilines is 1. The van der Waals surface area contributed by atoms with Crippen LogP contribution in [-0.4, -0.2) is 31.8 Å². The minimum atomic E-state index is -0.0713. The van der Waals surface area contributed by atoms with Crippen LogP contribution >= 0.6 is 0 Å². The third-order valence-electron chi connectivity index (χ3n) is 5.30. The molecule has 140 valence electrons. The highest BCUT2D eigenvalue weighted by Crippen LogP contribution is 2.29. The zero-order chi connectivity index (χ0) is 19.6. The fourth-order valence-corrected chi connectivity index (χ4v) is 3.27. The average molecular weight is 361 g/mol. The van der Waals surface area contributed by atoms with Crippen molar-refractivity contribution in [3.63, 3.8) is 0 Å². The molecule has 1 aliphatic heterocycles. The molecule has 0 spiro atoms. The molecule has 2 aromatic carbocycles. The van der Waals surface area contributed by atoms with Crippen molar-refractivity contribution in [3.8, 4) is 11.1 Å². The maximum atomic E-state index is 12.9. The Morgan fingerprint density at radius 1 is 1.04 bits per heavy atom. The Balaban J connectivity index is 1.88. The molecule has 0 fully saturated rings. The second-order valence-corrected chi connectivity index (χ2v) is 7.16. The fraction of sp³-hybridized carbons (Fsp3) is 0.304. The molecule has 2 N–H and O–H groups in total. The Morgan fingerprint density at radius 2 is 1.74 bits per heavy atom. The summed E-state index contributed by atoms with van der Waals surface area (Å²) in [4.78, 5) is 17.4. The standard InChI is InChI=1S/C23H27N3O/c1-14-6-8-18(9-7-14)19-10-20(17(4)21(11-19)24-5)23(27)26-13-22-16(3)15(2)12-25-22/h6-11,24H,12-13H2,1-5H3,(H,26,27). The molecule has 2 aromatic rings. The zero-order valence-corrected chi connectivity index (χ0v) is 16.7. The normalized spacial score (nSPS) is 13.6. The molecule has 0 aromatic heterocycles. The van der Waals surface area contributed by atoms with E-state index < -0.39 is 0 Å². The molecule has 0 radical (unpaired) electrons. The van der Waals surface area contributed by atoms with E-state index in [-0.39, 0.29) is 5.91 Å². The quantitative estimate of drug-likeness (QED) is 0.822. The number of aliphatic imine (C=N–C) groups is 1. The summed E-state index contributed by atoms with van der Waals surface area (Å²) in [6.07, 6.45) is 0.